The molecule has 1 aliphatic rings. The third-order valence-electron chi connectivity index (χ3n) is 4.03. The molecule has 1 saturated heterocycles. The van der Waals surface area contributed by atoms with Gasteiger partial charge in [0, 0.05) is 23.9 Å². The van der Waals surface area contributed by atoms with Crippen LogP contribution in [-0.2, 0) is 14.8 Å². The Morgan fingerprint density at radius 1 is 1.26 bits per heavy atom. The molecule has 1 amide bonds. The summed E-state index contributed by atoms with van der Waals surface area (Å²) in [5.41, 5.74) is 0.841. The lowest BCUT2D eigenvalue weighted by atomic mass is 9.97. The molecular formula is C16H24N2O3S2. The molecule has 128 valence electrons. The lowest BCUT2D eigenvalue weighted by molar-refractivity contribution is -0.120. The molecule has 23 heavy (non-hydrogen) atoms. The normalized spacial score (nSPS) is 17.1. The van der Waals surface area contributed by atoms with Crippen molar-refractivity contribution < 1.29 is 13.2 Å². The summed E-state index contributed by atoms with van der Waals surface area (Å²) in [5, 5.41) is 3.00. The number of sulfonamides is 1. The minimum atomic E-state index is -3.15. The highest BCUT2D eigenvalue weighted by Crippen LogP contribution is 2.28. The van der Waals surface area contributed by atoms with Gasteiger partial charge in [0.25, 0.3) is 0 Å². The average Bonchev–Trinajstić information content (AvgIpc) is 2.57. The van der Waals surface area contributed by atoms with E-state index in [-0.39, 0.29) is 17.6 Å². The van der Waals surface area contributed by atoms with Crippen molar-refractivity contribution in [2.24, 2.45) is 5.92 Å². The highest BCUT2D eigenvalue weighted by molar-refractivity contribution is 7.99. The molecule has 7 heteroatoms. The van der Waals surface area contributed by atoms with Gasteiger partial charge in [0.15, 0.2) is 0 Å². The number of carbonyl (C=O) groups is 1. The summed E-state index contributed by atoms with van der Waals surface area (Å²) in [6.07, 6.45) is 1.16. The van der Waals surface area contributed by atoms with E-state index in [9.17, 15) is 13.2 Å². The number of benzene rings is 1. The van der Waals surface area contributed by atoms with Gasteiger partial charge in [-0.15, -0.1) is 11.8 Å². The lowest BCUT2D eigenvalue weighted by Crippen LogP contribution is -2.42. The number of carbonyl (C=O) groups excluding carboxylic acids is 1. The Morgan fingerprint density at radius 3 is 2.52 bits per heavy atom. The molecule has 1 heterocycles. The van der Waals surface area contributed by atoms with Gasteiger partial charge in [0.1, 0.15) is 0 Å². The molecule has 0 radical (unpaired) electrons. The Bertz CT molecular complexity index is 638. The van der Waals surface area contributed by atoms with Crippen molar-refractivity contribution in [3.8, 4) is 0 Å². The highest BCUT2D eigenvalue weighted by Gasteiger charge is 2.30. The Balaban J connectivity index is 1.96. The number of hydrogen-bond acceptors (Lipinski definition) is 4. The first kappa shape index (κ1) is 18.3. The Kier molecular flexibility index (Phi) is 6.50. The van der Waals surface area contributed by atoms with E-state index < -0.39 is 10.0 Å². The first-order valence-corrected chi connectivity index (χ1v) is 10.6. The molecule has 1 aliphatic heterocycles. The Hall–Kier alpha value is -1.05. The van der Waals surface area contributed by atoms with Crippen LogP contribution in [0, 0.1) is 5.92 Å². The number of rotatable bonds is 6. The third kappa shape index (κ3) is 4.71. The first-order valence-electron chi connectivity index (χ1n) is 7.98. The zero-order valence-corrected chi connectivity index (χ0v) is 15.3. The Morgan fingerprint density at radius 2 is 1.91 bits per heavy atom. The zero-order chi connectivity index (χ0) is 16.9. The van der Waals surface area contributed by atoms with Gasteiger partial charge >= 0.3 is 0 Å². The predicted octanol–water partition coefficient (Wildman–Crippen LogP) is 2.80. The molecule has 1 aromatic carbocycles. The lowest BCUT2D eigenvalue weighted by Gasteiger charge is -2.30. The number of para-hydroxylation sites is 1. The summed E-state index contributed by atoms with van der Waals surface area (Å²) in [4.78, 5) is 13.5. The molecule has 2 rings (SSSR count). The van der Waals surface area contributed by atoms with E-state index in [1.165, 1.54) is 4.31 Å². The SMILES string of the molecule is CCSc1ccccc1NC(=O)C1CCN(S(=O)(=O)CC)CC1. The van der Waals surface area contributed by atoms with Crippen LogP contribution in [0.5, 0.6) is 0 Å². The third-order valence-corrected chi connectivity index (χ3v) is 6.86. The molecule has 0 unspecified atom stereocenters. The van der Waals surface area contributed by atoms with Gasteiger partial charge in [-0.3, -0.25) is 4.79 Å². The van der Waals surface area contributed by atoms with Crippen molar-refractivity contribution in [1.82, 2.24) is 4.31 Å². The van der Waals surface area contributed by atoms with Gasteiger partial charge in [0.05, 0.1) is 11.4 Å². The van der Waals surface area contributed by atoms with Gasteiger partial charge in [-0.1, -0.05) is 19.1 Å². The summed E-state index contributed by atoms with van der Waals surface area (Å²) in [7, 11) is -3.15. The van der Waals surface area contributed by atoms with Crippen molar-refractivity contribution in [3.05, 3.63) is 24.3 Å². The summed E-state index contributed by atoms with van der Waals surface area (Å²) >= 11 is 1.70. The smallest absolute Gasteiger partial charge is 0.227 e. The molecule has 0 aromatic heterocycles. The second-order valence-electron chi connectivity index (χ2n) is 5.49. The number of nitrogens with zero attached hydrogens (tertiary/aromatic N) is 1. The molecular weight excluding hydrogens is 332 g/mol. The van der Waals surface area contributed by atoms with E-state index in [2.05, 4.69) is 12.2 Å². The monoisotopic (exact) mass is 356 g/mol. The van der Waals surface area contributed by atoms with Crippen LogP contribution in [0.3, 0.4) is 0 Å². The van der Waals surface area contributed by atoms with E-state index in [4.69, 9.17) is 0 Å². The minimum absolute atomic E-state index is 0.0114. The van der Waals surface area contributed by atoms with Crippen LogP contribution in [0.4, 0.5) is 5.69 Å². The Labute approximate surface area is 142 Å². The van der Waals surface area contributed by atoms with E-state index in [0.29, 0.717) is 25.9 Å². The number of hydrogen-bond donors (Lipinski definition) is 1. The number of anilines is 1. The van der Waals surface area contributed by atoms with Crippen LogP contribution >= 0.6 is 11.8 Å². The van der Waals surface area contributed by atoms with Crippen LogP contribution in [0.15, 0.2) is 29.2 Å². The van der Waals surface area contributed by atoms with E-state index >= 15 is 0 Å². The second kappa shape index (κ2) is 8.17. The number of thioether (sulfide) groups is 1. The van der Waals surface area contributed by atoms with Gasteiger partial charge in [0.2, 0.25) is 15.9 Å². The fourth-order valence-corrected chi connectivity index (χ4v) is 4.56. The van der Waals surface area contributed by atoms with Crippen molar-refractivity contribution in [1.29, 1.82) is 0 Å². The molecule has 0 bridgehead atoms. The molecule has 5 nitrogen and oxygen atoms in total. The first-order chi connectivity index (χ1) is 11.0. The maximum atomic E-state index is 12.5. The highest BCUT2D eigenvalue weighted by atomic mass is 32.2. The van der Waals surface area contributed by atoms with Crippen molar-refractivity contribution >= 4 is 33.4 Å². The van der Waals surface area contributed by atoms with E-state index in [1.807, 2.05) is 24.3 Å². The minimum Gasteiger partial charge on any atom is -0.325 e. The zero-order valence-electron chi connectivity index (χ0n) is 13.6. The molecule has 0 atom stereocenters. The topological polar surface area (TPSA) is 66.5 Å². The molecule has 0 aliphatic carbocycles. The van der Waals surface area contributed by atoms with Crippen LogP contribution in [0.1, 0.15) is 26.7 Å². The quantitative estimate of drug-likeness (QED) is 0.796. The predicted molar refractivity (Wildman–Crippen MR) is 95.2 cm³/mol. The maximum absolute atomic E-state index is 12.5. The summed E-state index contributed by atoms with van der Waals surface area (Å²) in [5.74, 6) is 0.923. The molecule has 1 aromatic rings. The number of nitrogens with one attached hydrogen (secondary N) is 1. The van der Waals surface area contributed by atoms with Crippen molar-refractivity contribution in [3.63, 3.8) is 0 Å². The van der Waals surface area contributed by atoms with Crippen LogP contribution < -0.4 is 5.32 Å². The van der Waals surface area contributed by atoms with Gasteiger partial charge < -0.3 is 5.32 Å². The van der Waals surface area contributed by atoms with Gasteiger partial charge in [-0.05, 0) is 37.7 Å². The molecule has 1 N–H and O–H groups in total. The fourth-order valence-electron chi connectivity index (χ4n) is 2.66. The second-order valence-corrected chi connectivity index (χ2v) is 9.06. The number of piperidine rings is 1. The molecule has 0 saturated carbocycles. The average molecular weight is 357 g/mol. The van der Waals surface area contributed by atoms with E-state index in [1.54, 1.807) is 18.7 Å². The largest absolute Gasteiger partial charge is 0.325 e. The van der Waals surface area contributed by atoms with Crippen molar-refractivity contribution in [2.45, 2.75) is 31.6 Å². The maximum Gasteiger partial charge on any atom is 0.227 e. The fraction of sp³-hybridized carbons (Fsp3) is 0.562. The van der Waals surface area contributed by atoms with Crippen LogP contribution in [0.25, 0.3) is 0 Å². The standard InChI is InChI=1S/C16H24N2O3S2/c1-3-22-15-8-6-5-7-14(15)17-16(19)13-9-11-18(12-10-13)23(20,21)4-2/h5-8,13H,3-4,9-12H2,1-2H3,(H,17,19). The summed E-state index contributed by atoms with van der Waals surface area (Å²) < 4.78 is 25.2. The summed E-state index contributed by atoms with van der Waals surface area (Å²) in [6, 6.07) is 7.78. The summed E-state index contributed by atoms with van der Waals surface area (Å²) in [6.45, 7) is 4.59. The van der Waals surface area contributed by atoms with Crippen molar-refractivity contribution in [2.75, 3.05) is 29.9 Å². The van der Waals surface area contributed by atoms with Crippen LogP contribution in [-0.4, -0.2) is 43.2 Å². The van der Waals surface area contributed by atoms with E-state index in [0.717, 1.165) is 16.3 Å². The van der Waals surface area contributed by atoms with Gasteiger partial charge in [-0.25, -0.2) is 12.7 Å². The number of amides is 1. The van der Waals surface area contributed by atoms with Gasteiger partial charge in [-0.2, -0.15) is 0 Å². The molecule has 1 fully saturated rings. The molecule has 0 spiro atoms. The van der Waals surface area contributed by atoms with Crippen LogP contribution in [0.2, 0.25) is 0 Å².